The van der Waals surface area contributed by atoms with Crippen molar-refractivity contribution in [2.45, 2.75) is 101 Å². The van der Waals surface area contributed by atoms with Gasteiger partial charge in [-0.3, -0.25) is 19.1 Å². The van der Waals surface area contributed by atoms with Crippen LogP contribution in [-0.2, 0) is 24.4 Å². The number of carbonyl (C=O) groups excluding carboxylic acids is 3. The van der Waals surface area contributed by atoms with E-state index in [1.807, 2.05) is 38.1 Å². The Kier molecular flexibility index (Phi) is 9.58. The highest BCUT2D eigenvalue weighted by Gasteiger charge is 2.62. The van der Waals surface area contributed by atoms with Gasteiger partial charge in [0, 0.05) is 29.4 Å². The monoisotopic (exact) mass is 683 g/mol. The highest BCUT2D eigenvalue weighted by molar-refractivity contribution is 7.91. The molecule has 2 aliphatic carbocycles. The van der Waals surface area contributed by atoms with Crippen molar-refractivity contribution >= 4 is 38.6 Å². The van der Waals surface area contributed by atoms with Gasteiger partial charge < -0.3 is 30.2 Å². The summed E-state index contributed by atoms with van der Waals surface area (Å²) in [7, 11) is -2.25. The average molecular weight is 684 g/mol. The number of carbonyl (C=O) groups is 3. The molecule has 14 heteroatoms. The van der Waals surface area contributed by atoms with Crippen molar-refractivity contribution in [2.24, 2.45) is 11.7 Å². The second-order valence-corrected chi connectivity index (χ2v) is 15.2. The summed E-state index contributed by atoms with van der Waals surface area (Å²) in [5, 5.41) is 3.01. The molecule has 3 heterocycles. The SMILES string of the molecule is CCOc1cc(O[C@@H]2C[C@H]3C(=O)N[C@]4(C(=O)NS(=O)(=O)C5CC5)C[C@H]4/C=C\CCCCC[C@H](N)C(=O)N3C2)c2ccc(OC)c(C)c2n1. The standard InChI is InChI=1S/C34H45N5O8S/c1-4-46-29-17-28(24-14-15-27(45-3)20(2)30(24)36-29)47-22-16-26-31(40)37-34(33(42)38-48(43,44)23-12-13-23)18-21(34)10-8-6-5-7-9-11-25(35)32(41)39(26)19-22/h8,10,14-15,17,21-23,25-26H,4-7,9,11-13,16,18-19,35H2,1-3H3,(H,37,40)(H,38,42)/b10-8-/t21-,22-,25+,26+,34-/m1/s1. The summed E-state index contributed by atoms with van der Waals surface area (Å²) in [4.78, 5) is 47.6. The van der Waals surface area contributed by atoms with Gasteiger partial charge in [0.15, 0.2) is 0 Å². The molecule has 5 atom stereocenters. The molecule has 1 aromatic carbocycles. The van der Waals surface area contributed by atoms with Gasteiger partial charge in [-0.1, -0.05) is 25.0 Å². The Hall–Kier alpha value is -3.91. The van der Waals surface area contributed by atoms with Crippen LogP contribution in [0.5, 0.6) is 17.4 Å². The van der Waals surface area contributed by atoms with Gasteiger partial charge in [0.1, 0.15) is 29.2 Å². The van der Waals surface area contributed by atoms with E-state index in [0.29, 0.717) is 54.2 Å². The van der Waals surface area contributed by atoms with Crippen molar-refractivity contribution in [2.75, 3.05) is 20.3 Å². The lowest BCUT2D eigenvalue weighted by atomic mass is 10.1. The van der Waals surface area contributed by atoms with Crippen LogP contribution in [0, 0.1) is 12.8 Å². The van der Waals surface area contributed by atoms with E-state index in [0.717, 1.165) is 31.2 Å². The minimum absolute atomic E-state index is 0.0894. The third-order valence-electron chi connectivity index (χ3n) is 9.81. The summed E-state index contributed by atoms with van der Waals surface area (Å²) in [6, 6.07) is 3.57. The first-order valence-electron chi connectivity index (χ1n) is 16.9. The highest BCUT2D eigenvalue weighted by atomic mass is 32.2. The zero-order valence-corrected chi connectivity index (χ0v) is 28.5. The first-order valence-corrected chi connectivity index (χ1v) is 18.4. The maximum atomic E-state index is 14.1. The number of fused-ring (bicyclic) bond motifs is 3. The number of allylic oxidation sites excluding steroid dienone is 1. The van der Waals surface area contributed by atoms with Crippen molar-refractivity contribution in [1.82, 2.24) is 19.9 Å². The van der Waals surface area contributed by atoms with E-state index < -0.39 is 50.8 Å². The summed E-state index contributed by atoms with van der Waals surface area (Å²) < 4.78 is 45.4. The quantitative estimate of drug-likeness (QED) is 0.350. The van der Waals surface area contributed by atoms with Crippen LogP contribution in [0.1, 0.15) is 70.3 Å². The van der Waals surface area contributed by atoms with Crippen LogP contribution in [0.3, 0.4) is 0 Å². The van der Waals surface area contributed by atoms with Crippen molar-refractivity contribution < 1.29 is 37.0 Å². The molecule has 2 saturated carbocycles. The molecule has 260 valence electrons. The van der Waals surface area contributed by atoms with Gasteiger partial charge in [-0.15, -0.1) is 0 Å². The van der Waals surface area contributed by atoms with Crippen LogP contribution in [0.25, 0.3) is 10.9 Å². The van der Waals surface area contributed by atoms with Crippen molar-refractivity contribution in [1.29, 1.82) is 0 Å². The predicted octanol–water partition coefficient (Wildman–Crippen LogP) is 2.63. The minimum Gasteiger partial charge on any atom is -0.496 e. The molecule has 2 aliphatic heterocycles. The van der Waals surface area contributed by atoms with Crippen molar-refractivity contribution in [3.05, 3.63) is 35.9 Å². The Morgan fingerprint density at radius 1 is 1.17 bits per heavy atom. The fourth-order valence-corrected chi connectivity index (χ4v) is 8.18. The fourth-order valence-electron chi connectivity index (χ4n) is 6.82. The lowest BCUT2D eigenvalue weighted by Gasteiger charge is -2.28. The number of amides is 3. The molecule has 4 aliphatic rings. The van der Waals surface area contributed by atoms with Crippen LogP contribution >= 0.6 is 0 Å². The Balaban J connectivity index is 1.30. The number of pyridine rings is 1. The normalized spacial score (nSPS) is 28.7. The smallest absolute Gasteiger partial charge is 0.259 e. The van der Waals surface area contributed by atoms with Gasteiger partial charge in [-0.05, 0) is 64.5 Å². The van der Waals surface area contributed by atoms with E-state index in [9.17, 15) is 22.8 Å². The maximum Gasteiger partial charge on any atom is 0.259 e. The number of nitrogens with one attached hydrogen (secondary N) is 2. The zero-order valence-electron chi connectivity index (χ0n) is 27.7. The summed E-state index contributed by atoms with van der Waals surface area (Å²) in [6.07, 6.45) is 8.39. The van der Waals surface area contributed by atoms with E-state index in [-0.39, 0.29) is 31.2 Å². The molecule has 1 aromatic heterocycles. The molecule has 6 rings (SSSR count). The number of aryl methyl sites for hydroxylation is 1. The number of methoxy groups -OCH3 is 1. The first-order chi connectivity index (χ1) is 23.0. The molecule has 4 N–H and O–H groups in total. The number of ether oxygens (including phenoxy) is 3. The average Bonchev–Trinajstić information content (AvgIpc) is 3.98. The molecule has 0 bridgehead atoms. The van der Waals surface area contributed by atoms with Gasteiger partial charge in [-0.25, -0.2) is 13.4 Å². The molecule has 0 radical (unpaired) electrons. The maximum absolute atomic E-state index is 14.1. The fraction of sp³-hybridized carbons (Fsp3) is 0.588. The number of sulfonamides is 1. The van der Waals surface area contributed by atoms with Gasteiger partial charge in [0.25, 0.3) is 5.91 Å². The van der Waals surface area contributed by atoms with E-state index >= 15 is 0 Å². The molecular weight excluding hydrogens is 638 g/mol. The topological polar surface area (TPSA) is 179 Å². The van der Waals surface area contributed by atoms with Crippen LogP contribution in [0.2, 0.25) is 0 Å². The highest BCUT2D eigenvalue weighted by Crippen LogP contribution is 2.46. The molecule has 2 aromatic rings. The third-order valence-corrected chi connectivity index (χ3v) is 11.6. The van der Waals surface area contributed by atoms with Crippen molar-refractivity contribution in [3.8, 4) is 17.4 Å². The van der Waals surface area contributed by atoms with Crippen LogP contribution in [0.15, 0.2) is 30.4 Å². The largest absolute Gasteiger partial charge is 0.496 e. The number of hydrogen-bond acceptors (Lipinski definition) is 10. The van der Waals surface area contributed by atoms with E-state index in [4.69, 9.17) is 19.9 Å². The van der Waals surface area contributed by atoms with Gasteiger partial charge >= 0.3 is 0 Å². The molecular formula is C34H45N5O8S. The number of aromatic nitrogens is 1. The van der Waals surface area contributed by atoms with Gasteiger partial charge in [0.2, 0.25) is 27.7 Å². The predicted molar refractivity (Wildman–Crippen MR) is 178 cm³/mol. The lowest BCUT2D eigenvalue weighted by Crippen LogP contribution is -2.57. The number of rotatable bonds is 8. The Morgan fingerprint density at radius 3 is 2.69 bits per heavy atom. The minimum atomic E-state index is -3.84. The first kappa shape index (κ1) is 34.0. The molecule has 0 unspecified atom stereocenters. The lowest BCUT2D eigenvalue weighted by molar-refractivity contribution is -0.140. The second kappa shape index (κ2) is 13.5. The van der Waals surface area contributed by atoms with Crippen LogP contribution < -0.4 is 30.0 Å². The van der Waals surface area contributed by atoms with Crippen LogP contribution in [-0.4, -0.2) is 85.3 Å². The third kappa shape index (κ3) is 6.82. The van der Waals surface area contributed by atoms with E-state index in [1.165, 1.54) is 4.90 Å². The number of nitrogens with zero attached hydrogens (tertiary/aromatic N) is 2. The molecule has 13 nitrogen and oxygen atoms in total. The molecule has 1 saturated heterocycles. The van der Waals surface area contributed by atoms with E-state index in [2.05, 4.69) is 15.0 Å². The van der Waals surface area contributed by atoms with Gasteiger partial charge in [-0.2, -0.15) is 0 Å². The number of nitrogens with two attached hydrogens (primary N) is 1. The summed E-state index contributed by atoms with van der Waals surface area (Å²) in [6.45, 7) is 4.23. The van der Waals surface area contributed by atoms with Gasteiger partial charge in [0.05, 0.1) is 37.1 Å². The number of benzene rings is 1. The summed E-state index contributed by atoms with van der Waals surface area (Å²) in [5.41, 5.74) is 6.41. The summed E-state index contributed by atoms with van der Waals surface area (Å²) >= 11 is 0. The summed E-state index contributed by atoms with van der Waals surface area (Å²) in [5.74, 6) is -0.544. The molecule has 3 fully saturated rings. The Labute approximate surface area is 281 Å². The molecule has 0 spiro atoms. The zero-order chi connectivity index (χ0) is 34.2. The Morgan fingerprint density at radius 2 is 1.96 bits per heavy atom. The number of hydrogen-bond donors (Lipinski definition) is 3. The molecule has 48 heavy (non-hydrogen) atoms. The second-order valence-electron chi connectivity index (χ2n) is 13.3. The van der Waals surface area contributed by atoms with Crippen LogP contribution in [0.4, 0.5) is 0 Å². The molecule has 3 amide bonds. The Bertz CT molecular complexity index is 1730. The van der Waals surface area contributed by atoms with Crippen molar-refractivity contribution in [3.63, 3.8) is 0 Å². The van der Waals surface area contributed by atoms with E-state index in [1.54, 1.807) is 13.2 Å².